The molecule has 3 heteroatoms. The molecule has 26 heavy (non-hydrogen) atoms. The van der Waals surface area contributed by atoms with Gasteiger partial charge in [0.05, 0.1) is 0 Å². The third kappa shape index (κ3) is 4.33. The number of rotatable bonds is 5. The Labute approximate surface area is 153 Å². The molecule has 1 amide bonds. The molecular weight excluding hydrogens is 322 g/mol. The van der Waals surface area contributed by atoms with E-state index in [-0.39, 0.29) is 11.7 Å². The molecule has 0 aliphatic heterocycles. The lowest BCUT2D eigenvalue weighted by molar-refractivity contribution is -0.111. The fraction of sp³-hybridized carbons (Fsp3) is 0.0435. The van der Waals surface area contributed by atoms with Gasteiger partial charge in [0.15, 0.2) is 5.78 Å². The predicted molar refractivity (Wildman–Crippen MR) is 106 cm³/mol. The van der Waals surface area contributed by atoms with E-state index in [0.29, 0.717) is 16.8 Å². The molecule has 0 saturated heterocycles. The Morgan fingerprint density at radius 1 is 0.769 bits per heavy atom. The molecule has 0 aliphatic rings. The Morgan fingerprint density at radius 2 is 1.38 bits per heavy atom. The summed E-state index contributed by atoms with van der Waals surface area (Å²) in [4.78, 5) is 24.5. The summed E-state index contributed by atoms with van der Waals surface area (Å²) >= 11 is 0. The van der Waals surface area contributed by atoms with Crippen molar-refractivity contribution in [2.45, 2.75) is 6.92 Å². The number of ketones is 1. The summed E-state index contributed by atoms with van der Waals surface area (Å²) in [6.07, 6.45) is 1.86. The van der Waals surface area contributed by atoms with E-state index < -0.39 is 0 Å². The quantitative estimate of drug-likeness (QED) is 0.400. The molecular formula is C23H19NO2. The van der Waals surface area contributed by atoms with Crippen LogP contribution in [0.4, 0.5) is 5.69 Å². The van der Waals surface area contributed by atoms with Crippen LogP contribution < -0.4 is 5.32 Å². The van der Waals surface area contributed by atoms with Crippen molar-refractivity contribution in [3.05, 3.63) is 102 Å². The number of anilines is 1. The van der Waals surface area contributed by atoms with E-state index >= 15 is 0 Å². The molecule has 0 fully saturated rings. The van der Waals surface area contributed by atoms with Gasteiger partial charge in [-0.05, 0) is 36.3 Å². The zero-order valence-electron chi connectivity index (χ0n) is 14.5. The number of carbonyl (C=O) groups excluding carboxylic acids is 2. The number of nitrogens with one attached hydrogen (secondary N) is 1. The van der Waals surface area contributed by atoms with E-state index in [1.165, 1.54) is 6.92 Å². The molecule has 3 aromatic carbocycles. The third-order valence-electron chi connectivity index (χ3n) is 3.97. The average molecular weight is 341 g/mol. The maximum Gasteiger partial charge on any atom is 0.256 e. The van der Waals surface area contributed by atoms with Crippen molar-refractivity contribution < 1.29 is 9.59 Å². The molecule has 3 aromatic rings. The third-order valence-corrected chi connectivity index (χ3v) is 3.97. The molecule has 0 spiro atoms. The Morgan fingerprint density at radius 3 is 2.04 bits per heavy atom. The van der Waals surface area contributed by atoms with Crippen LogP contribution in [0, 0.1) is 0 Å². The van der Waals surface area contributed by atoms with Crippen molar-refractivity contribution in [3.63, 3.8) is 0 Å². The van der Waals surface area contributed by atoms with Gasteiger partial charge in [-0.25, -0.2) is 0 Å². The maximum atomic E-state index is 12.9. The molecule has 1 N–H and O–H groups in total. The molecule has 0 aromatic heterocycles. The first kappa shape index (κ1) is 17.4. The van der Waals surface area contributed by atoms with Crippen LogP contribution in [0.3, 0.4) is 0 Å². The number of hydrogen-bond donors (Lipinski definition) is 1. The SMILES string of the molecule is CC(=O)c1cccc(NC(=O)/C(=C/c2ccccc2)c2ccccc2)c1. The fourth-order valence-electron chi connectivity index (χ4n) is 2.63. The van der Waals surface area contributed by atoms with Crippen LogP contribution in [0.2, 0.25) is 0 Å². The Balaban J connectivity index is 1.94. The predicted octanol–water partition coefficient (Wildman–Crippen LogP) is 5.07. The normalized spacial score (nSPS) is 11.0. The Bertz CT molecular complexity index is 944. The summed E-state index contributed by atoms with van der Waals surface area (Å²) in [5, 5.41) is 2.90. The van der Waals surface area contributed by atoms with E-state index in [0.717, 1.165) is 11.1 Å². The first-order valence-electron chi connectivity index (χ1n) is 8.38. The van der Waals surface area contributed by atoms with Gasteiger partial charge in [-0.2, -0.15) is 0 Å². The van der Waals surface area contributed by atoms with Crippen molar-refractivity contribution in [1.82, 2.24) is 0 Å². The minimum absolute atomic E-state index is 0.0378. The lowest BCUT2D eigenvalue weighted by Crippen LogP contribution is -2.14. The summed E-state index contributed by atoms with van der Waals surface area (Å²) in [6.45, 7) is 1.51. The molecule has 0 heterocycles. The maximum absolute atomic E-state index is 12.9. The van der Waals surface area contributed by atoms with Gasteiger partial charge in [-0.1, -0.05) is 72.8 Å². The van der Waals surface area contributed by atoms with Crippen LogP contribution in [0.25, 0.3) is 11.6 Å². The van der Waals surface area contributed by atoms with Gasteiger partial charge in [0, 0.05) is 16.8 Å². The minimum atomic E-state index is -0.222. The van der Waals surface area contributed by atoms with E-state index in [9.17, 15) is 9.59 Å². The van der Waals surface area contributed by atoms with E-state index in [1.807, 2.05) is 66.7 Å². The van der Waals surface area contributed by atoms with Crippen molar-refractivity contribution in [3.8, 4) is 0 Å². The standard InChI is InChI=1S/C23H19NO2/c1-17(25)20-13-8-14-21(16-20)24-23(26)22(19-11-6-3-7-12-19)15-18-9-4-2-5-10-18/h2-16H,1H3,(H,24,26)/b22-15+. The molecule has 128 valence electrons. The molecule has 0 aliphatic carbocycles. The first-order chi connectivity index (χ1) is 12.6. The van der Waals surface area contributed by atoms with Crippen LogP contribution in [-0.2, 0) is 4.79 Å². The van der Waals surface area contributed by atoms with E-state index in [4.69, 9.17) is 0 Å². The van der Waals surface area contributed by atoms with Gasteiger partial charge in [-0.15, -0.1) is 0 Å². The zero-order chi connectivity index (χ0) is 18.4. The number of hydrogen-bond acceptors (Lipinski definition) is 2. The second kappa shape index (κ2) is 8.08. The van der Waals surface area contributed by atoms with Gasteiger partial charge < -0.3 is 5.32 Å². The largest absolute Gasteiger partial charge is 0.322 e. The first-order valence-corrected chi connectivity index (χ1v) is 8.38. The van der Waals surface area contributed by atoms with Gasteiger partial charge >= 0.3 is 0 Å². The molecule has 0 saturated carbocycles. The van der Waals surface area contributed by atoms with Crippen LogP contribution in [0.15, 0.2) is 84.9 Å². The topological polar surface area (TPSA) is 46.2 Å². The number of benzene rings is 3. The highest BCUT2D eigenvalue weighted by Crippen LogP contribution is 2.21. The van der Waals surface area contributed by atoms with Crippen LogP contribution in [0.5, 0.6) is 0 Å². The van der Waals surface area contributed by atoms with Crippen molar-refractivity contribution in [1.29, 1.82) is 0 Å². The van der Waals surface area contributed by atoms with E-state index in [1.54, 1.807) is 24.3 Å². The van der Waals surface area contributed by atoms with Gasteiger partial charge in [0.1, 0.15) is 0 Å². The van der Waals surface area contributed by atoms with Gasteiger partial charge in [0.2, 0.25) is 0 Å². The number of Topliss-reactive ketones (excluding diaryl/α,β-unsaturated/α-hetero) is 1. The zero-order valence-corrected chi connectivity index (χ0v) is 14.5. The van der Waals surface area contributed by atoms with Crippen LogP contribution in [-0.4, -0.2) is 11.7 Å². The highest BCUT2D eigenvalue weighted by Gasteiger charge is 2.13. The summed E-state index contributed by atoms with van der Waals surface area (Å²) in [7, 11) is 0. The van der Waals surface area contributed by atoms with E-state index in [2.05, 4.69) is 5.32 Å². The van der Waals surface area contributed by atoms with Gasteiger partial charge in [-0.3, -0.25) is 9.59 Å². The average Bonchev–Trinajstić information content (AvgIpc) is 2.67. The lowest BCUT2D eigenvalue weighted by atomic mass is 10.0. The molecule has 0 radical (unpaired) electrons. The highest BCUT2D eigenvalue weighted by molar-refractivity contribution is 6.29. The summed E-state index contributed by atoms with van der Waals surface area (Å²) in [5.74, 6) is -0.259. The molecule has 0 unspecified atom stereocenters. The van der Waals surface area contributed by atoms with Crippen molar-refractivity contribution in [2.75, 3.05) is 5.32 Å². The summed E-state index contributed by atoms with van der Waals surface area (Å²) in [6, 6.07) is 26.2. The number of carbonyl (C=O) groups is 2. The van der Waals surface area contributed by atoms with Crippen LogP contribution >= 0.6 is 0 Å². The second-order valence-electron chi connectivity index (χ2n) is 5.93. The monoisotopic (exact) mass is 341 g/mol. The summed E-state index contributed by atoms with van der Waals surface area (Å²) in [5.41, 5.74) is 3.49. The lowest BCUT2D eigenvalue weighted by Gasteiger charge is -2.10. The summed E-state index contributed by atoms with van der Waals surface area (Å²) < 4.78 is 0. The van der Waals surface area contributed by atoms with Crippen LogP contribution in [0.1, 0.15) is 28.4 Å². The number of amides is 1. The minimum Gasteiger partial charge on any atom is -0.322 e. The fourth-order valence-corrected chi connectivity index (χ4v) is 2.63. The second-order valence-corrected chi connectivity index (χ2v) is 5.93. The smallest absolute Gasteiger partial charge is 0.256 e. The Hall–Kier alpha value is -3.46. The molecule has 3 nitrogen and oxygen atoms in total. The molecule has 3 rings (SSSR count). The highest BCUT2D eigenvalue weighted by atomic mass is 16.1. The Kier molecular flexibility index (Phi) is 5.40. The van der Waals surface area contributed by atoms with Gasteiger partial charge in [0.25, 0.3) is 5.91 Å². The van der Waals surface area contributed by atoms with Crippen molar-refractivity contribution >= 4 is 29.0 Å². The van der Waals surface area contributed by atoms with Crippen molar-refractivity contribution in [2.24, 2.45) is 0 Å². The molecule has 0 bridgehead atoms. The molecule has 0 atom stereocenters.